The van der Waals surface area contributed by atoms with E-state index in [-0.39, 0.29) is 5.56 Å². The van der Waals surface area contributed by atoms with Crippen molar-refractivity contribution in [2.24, 2.45) is 0 Å². The summed E-state index contributed by atoms with van der Waals surface area (Å²) in [5, 5.41) is 11.7. The zero-order valence-corrected chi connectivity index (χ0v) is 16.3. The highest BCUT2D eigenvalue weighted by Gasteiger charge is 2.16. The average Bonchev–Trinajstić information content (AvgIpc) is 3.15. The molecule has 0 aliphatic rings. The molecule has 0 spiro atoms. The minimum atomic E-state index is -0.0797. The summed E-state index contributed by atoms with van der Waals surface area (Å²) >= 11 is 1.46. The van der Waals surface area contributed by atoms with Crippen molar-refractivity contribution in [2.75, 3.05) is 7.11 Å². The average molecular weight is 387 g/mol. The Balaban J connectivity index is 1.87. The maximum absolute atomic E-state index is 13.4. The highest BCUT2D eigenvalue weighted by atomic mass is 32.1. The molecule has 0 N–H and O–H groups in total. The molecule has 0 aliphatic heterocycles. The van der Waals surface area contributed by atoms with Crippen molar-refractivity contribution in [3.05, 3.63) is 81.2 Å². The van der Waals surface area contributed by atoms with Crippen LogP contribution in [0.4, 0.5) is 0 Å². The normalized spacial score (nSPS) is 10.8. The molecule has 0 saturated heterocycles. The molecule has 0 atom stereocenters. The Hall–Kier alpha value is -3.43. The van der Waals surface area contributed by atoms with Gasteiger partial charge in [0, 0.05) is 10.9 Å². The van der Waals surface area contributed by atoms with Crippen molar-refractivity contribution in [2.45, 2.75) is 13.5 Å². The summed E-state index contributed by atoms with van der Waals surface area (Å²) < 4.78 is 6.98. The standard InChI is InChI=1S/C22H17N3O2S/c1-14-24-21-20(19(13-28-21)17-7-4-8-18(10-17)27-2)22(26)25(14)12-16-6-3-5-15(9-16)11-23/h3-10,13H,12H2,1-2H3. The van der Waals surface area contributed by atoms with E-state index in [9.17, 15) is 4.79 Å². The van der Waals surface area contributed by atoms with Crippen LogP contribution in [-0.4, -0.2) is 16.7 Å². The number of methoxy groups -OCH3 is 1. The Morgan fingerprint density at radius 2 is 2.04 bits per heavy atom. The minimum absolute atomic E-state index is 0.0797. The van der Waals surface area contributed by atoms with Gasteiger partial charge in [-0.3, -0.25) is 9.36 Å². The summed E-state index contributed by atoms with van der Waals surface area (Å²) in [4.78, 5) is 18.7. The van der Waals surface area contributed by atoms with Crippen molar-refractivity contribution in [1.82, 2.24) is 9.55 Å². The summed E-state index contributed by atoms with van der Waals surface area (Å²) in [6.45, 7) is 2.20. The largest absolute Gasteiger partial charge is 0.497 e. The first-order chi connectivity index (χ1) is 13.6. The Kier molecular flexibility index (Phi) is 4.68. The molecule has 0 unspecified atom stereocenters. The van der Waals surface area contributed by atoms with Crippen LogP contribution in [-0.2, 0) is 6.54 Å². The van der Waals surface area contributed by atoms with E-state index in [2.05, 4.69) is 11.1 Å². The number of nitrogens with zero attached hydrogens (tertiary/aromatic N) is 3. The Bertz CT molecular complexity index is 1280. The molecule has 28 heavy (non-hydrogen) atoms. The predicted octanol–water partition coefficient (Wildman–Crippen LogP) is 4.36. The zero-order valence-electron chi connectivity index (χ0n) is 15.5. The van der Waals surface area contributed by atoms with Crippen LogP contribution in [0.2, 0.25) is 0 Å². The third-order valence-corrected chi connectivity index (χ3v) is 5.53. The van der Waals surface area contributed by atoms with E-state index in [0.717, 1.165) is 27.3 Å². The van der Waals surface area contributed by atoms with E-state index in [4.69, 9.17) is 10.00 Å². The highest BCUT2D eigenvalue weighted by molar-refractivity contribution is 7.17. The van der Waals surface area contributed by atoms with E-state index >= 15 is 0 Å². The van der Waals surface area contributed by atoms with Gasteiger partial charge in [-0.25, -0.2) is 4.98 Å². The number of thiophene rings is 1. The van der Waals surface area contributed by atoms with E-state index in [1.54, 1.807) is 23.8 Å². The smallest absolute Gasteiger partial charge is 0.263 e. The number of aryl methyl sites for hydroxylation is 1. The van der Waals surface area contributed by atoms with Gasteiger partial charge in [-0.05, 0) is 42.3 Å². The maximum Gasteiger partial charge on any atom is 0.263 e. The Morgan fingerprint density at radius 1 is 1.21 bits per heavy atom. The molecule has 0 saturated carbocycles. The van der Waals surface area contributed by atoms with Gasteiger partial charge >= 0.3 is 0 Å². The van der Waals surface area contributed by atoms with Gasteiger partial charge in [0.05, 0.1) is 30.7 Å². The van der Waals surface area contributed by atoms with Gasteiger partial charge in [-0.15, -0.1) is 11.3 Å². The number of ether oxygens (including phenoxy) is 1. The number of hydrogen-bond acceptors (Lipinski definition) is 5. The van der Waals surface area contributed by atoms with Crippen molar-refractivity contribution in [1.29, 1.82) is 5.26 Å². The van der Waals surface area contributed by atoms with Crippen molar-refractivity contribution < 1.29 is 4.74 Å². The van der Waals surface area contributed by atoms with Crippen LogP contribution >= 0.6 is 11.3 Å². The van der Waals surface area contributed by atoms with Gasteiger partial charge in [0.1, 0.15) is 16.4 Å². The number of fused-ring (bicyclic) bond motifs is 1. The molecule has 6 heteroatoms. The molecule has 0 radical (unpaired) electrons. The second-order valence-corrected chi connectivity index (χ2v) is 7.28. The molecule has 2 heterocycles. The SMILES string of the molecule is COc1cccc(-c2csc3nc(C)n(Cc4cccc(C#N)c4)c(=O)c23)c1. The predicted molar refractivity (Wildman–Crippen MR) is 111 cm³/mol. The molecule has 2 aromatic heterocycles. The molecule has 5 nitrogen and oxygen atoms in total. The van der Waals surface area contributed by atoms with E-state index in [0.29, 0.717) is 23.3 Å². The van der Waals surface area contributed by atoms with Crippen LogP contribution in [0.5, 0.6) is 5.75 Å². The van der Waals surface area contributed by atoms with E-state index in [1.807, 2.05) is 48.7 Å². The number of nitriles is 1. The van der Waals surface area contributed by atoms with Crippen LogP contribution in [0, 0.1) is 18.3 Å². The third-order valence-electron chi connectivity index (χ3n) is 4.66. The first kappa shape index (κ1) is 18.0. The summed E-state index contributed by atoms with van der Waals surface area (Å²) in [6, 6.07) is 17.1. The fraction of sp³-hybridized carbons (Fsp3) is 0.136. The molecule has 138 valence electrons. The van der Waals surface area contributed by atoms with Crippen LogP contribution in [0.15, 0.2) is 58.7 Å². The molecule has 0 bridgehead atoms. The van der Waals surface area contributed by atoms with Gasteiger partial charge in [0.2, 0.25) is 0 Å². The van der Waals surface area contributed by atoms with Gasteiger partial charge in [-0.1, -0.05) is 24.3 Å². The summed E-state index contributed by atoms with van der Waals surface area (Å²) in [5.74, 6) is 1.39. The lowest BCUT2D eigenvalue weighted by Gasteiger charge is -2.11. The lowest BCUT2D eigenvalue weighted by Crippen LogP contribution is -2.24. The summed E-state index contributed by atoms with van der Waals surface area (Å²) in [6.07, 6.45) is 0. The van der Waals surface area contributed by atoms with Gasteiger partial charge in [0.15, 0.2) is 0 Å². The quantitative estimate of drug-likeness (QED) is 0.522. The number of rotatable bonds is 4. The van der Waals surface area contributed by atoms with Crippen molar-refractivity contribution in [3.63, 3.8) is 0 Å². The lowest BCUT2D eigenvalue weighted by atomic mass is 10.1. The van der Waals surface area contributed by atoms with Crippen LogP contribution in [0.25, 0.3) is 21.3 Å². The molecule has 0 amide bonds. The Morgan fingerprint density at radius 3 is 2.82 bits per heavy atom. The fourth-order valence-corrected chi connectivity index (χ4v) is 4.22. The van der Waals surface area contributed by atoms with Crippen LogP contribution in [0.3, 0.4) is 0 Å². The fourth-order valence-electron chi connectivity index (χ4n) is 3.24. The van der Waals surface area contributed by atoms with Gasteiger partial charge in [-0.2, -0.15) is 5.26 Å². The minimum Gasteiger partial charge on any atom is -0.497 e. The van der Waals surface area contributed by atoms with Crippen molar-refractivity contribution >= 4 is 21.6 Å². The topological polar surface area (TPSA) is 67.9 Å². The second kappa shape index (κ2) is 7.29. The maximum atomic E-state index is 13.4. The highest BCUT2D eigenvalue weighted by Crippen LogP contribution is 2.32. The third kappa shape index (κ3) is 3.17. The molecule has 2 aromatic carbocycles. The lowest BCUT2D eigenvalue weighted by molar-refractivity contribution is 0.415. The summed E-state index contributed by atoms with van der Waals surface area (Å²) in [5.41, 5.74) is 3.17. The number of aromatic nitrogens is 2. The van der Waals surface area contributed by atoms with E-state index < -0.39 is 0 Å². The van der Waals surface area contributed by atoms with Gasteiger partial charge < -0.3 is 4.74 Å². The number of hydrogen-bond donors (Lipinski definition) is 0. The first-order valence-corrected chi connectivity index (χ1v) is 9.61. The molecule has 0 aliphatic carbocycles. The first-order valence-electron chi connectivity index (χ1n) is 8.73. The molecule has 4 rings (SSSR count). The Labute approximate surface area is 166 Å². The second-order valence-electron chi connectivity index (χ2n) is 6.42. The zero-order chi connectivity index (χ0) is 19.7. The van der Waals surface area contributed by atoms with Gasteiger partial charge in [0.25, 0.3) is 5.56 Å². The molecular formula is C22H17N3O2S. The molecule has 4 aromatic rings. The van der Waals surface area contributed by atoms with Crippen LogP contribution < -0.4 is 10.3 Å². The van der Waals surface area contributed by atoms with Crippen molar-refractivity contribution in [3.8, 4) is 22.9 Å². The number of benzene rings is 2. The van der Waals surface area contributed by atoms with E-state index in [1.165, 1.54) is 11.3 Å². The monoisotopic (exact) mass is 387 g/mol. The molecular weight excluding hydrogens is 370 g/mol. The van der Waals surface area contributed by atoms with Crippen LogP contribution in [0.1, 0.15) is 17.0 Å². The summed E-state index contributed by atoms with van der Waals surface area (Å²) in [7, 11) is 1.62. The molecule has 0 fully saturated rings.